The highest BCUT2D eigenvalue weighted by Gasteiger charge is 2.27. The van der Waals surface area contributed by atoms with Crippen LogP contribution in [0.25, 0.3) is 0 Å². The van der Waals surface area contributed by atoms with Crippen LogP contribution in [0.3, 0.4) is 0 Å². The molecule has 31 heavy (non-hydrogen) atoms. The first-order valence-corrected chi connectivity index (χ1v) is 11.8. The van der Waals surface area contributed by atoms with E-state index in [1.54, 1.807) is 42.5 Å². The van der Waals surface area contributed by atoms with E-state index in [1.165, 1.54) is 16.4 Å². The van der Waals surface area contributed by atoms with Gasteiger partial charge >= 0.3 is 0 Å². The van der Waals surface area contributed by atoms with Crippen molar-refractivity contribution in [3.63, 3.8) is 0 Å². The fourth-order valence-electron chi connectivity index (χ4n) is 3.30. The minimum Gasteiger partial charge on any atom is -0.324 e. The Kier molecular flexibility index (Phi) is 7.49. The zero-order chi connectivity index (χ0) is 22.4. The van der Waals surface area contributed by atoms with Crippen LogP contribution < -0.4 is 5.32 Å². The third kappa shape index (κ3) is 5.73. The van der Waals surface area contributed by atoms with E-state index >= 15 is 0 Å². The average Bonchev–Trinajstić information content (AvgIpc) is 2.76. The molecule has 0 radical (unpaired) electrons. The molecule has 0 saturated heterocycles. The number of aryl methyl sites for hydroxylation is 2. The Morgan fingerprint density at radius 2 is 1.65 bits per heavy atom. The summed E-state index contributed by atoms with van der Waals surface area (Å²) in [5.41, 5.74) is 3.41. The quantitative estimate of drug-likeness (QED) is 0.516. The predicted octanol–water partition coefficient (Wildman–Crippen LogP) is 5.04. The normalized spacial score (nSPS) is 11.5. The second-order valence-corrected chi connectivity index (χ2v) is 9.60. The number of halogens is 1. The second-order valence-electron chi connectivity index (χ2n) is 7.22. The number of sulfonamides is 1. The molecule has 0 atom stereocenters. The molecule has 0 aliphatic heterocycles. The van der Waals surface area contributed by atoms with Crippen molar-refractivity contribution in [2.75, 3.05) is 11.9 Å². The Bertz CT molecular complexity index is 1150. The smallest absolute Gasteiger partial charge is 0.243 e. The largest absolute Gasteiger partial charge is 0.324 e. The highest BCUT2D eigenvalue weighted by Crippen LogP contribution is 2.23. The fraction of sp³-hybridized carbons (Fsp3) is 0.208. The molecule has 3 aromatic carbocycles. The van der Waals surface area contributed by atoms with Gasteiger partial charge in [-0.05, 0) is 54.3 Å². The van der Waals surface area contributed by atoms with E-state index in [0.29, 0.717) is 5.02 Å². The van der Waals surface area contributed by atoms with Gasteiger partial charge in [0.15, 0.2) is 0 Å². The number of carbonyl (C=O) groups excluding carboxylic acids is 1. The first-order valence-electron chi connectivity index (χ1n) is 9.99. The monoisotopic (exact) mass is 456 g/mol. The molecule has 5 nitrogen and oxygen atoms in total. The summed E-state index contributed by atoms with van der Waals surface area (Å²) in [7, 11) is -3.88. The van der Waals surface area contributed by atoms with Crippen molar-refractivity contribution in [2.45, 2.75) is 31.7 Å². The molecule has 3 rings (SSSR count). The maximum atomic E-state index is 13.3. The molecule has 0 heterocycles. The molecule has 0 unspecified atom stereocenters. The highest BCUT2D eigenvalue weighted by molar-refractivity contribution is 7.89. The summed E-state index contributed by atoms with van der Waals surface area (Å²) in [6.07, 6.45) is 0.758. The molecular weight excluding hydrogens is 432 g/mol. The Hall–Kier alpha value is -2.67. The number of para-hydroxylation sites is 1. The van der Waals surface area contributed by atoms with Crippen LogP contribution in [-0.2, 0) is 27.8 Å². The van der Waals surface area contributed by atoms with Crippen molar-refractivity contribution in [2.24, 2.45) is 0 Å². The number of anilines is 1. The van der Waals surface area contributed by atoms with Crippen LogP contribution in [0.5, 0.6) is 0 Å². The van der Waals surface area contributed by atoms with E-state index in [2.05, 4.69) is 5.32 Å². The van der Waals surface area contributed by atoms with E-state index in [1.807, 2.05) is 32.0 Å². The first kappa shape index (κ1) is 23.0. The molecule has 0 aromatic heterocycles. The number of amides is 1. The molecule has 162 valence electrons. The van der Waals surface area contributed by atoms with Gasteiger partial charge in [-0.1, -0.05) is 67.1 Å². The Labute approximate surface area is 188 Å². The predicted molar refractivity (Wildman–Crippen MR) is 125 cm³/mol. The molecule has 1 amide bonds. The first-order chi connectivity index (χ1) is 14.8. The maximum Gasteiger partial charge on any atom is 0.243 e. The zero-order valence-corrected chi connectivity index (χ0v) is 19.1. The summed E-state index contributed by atoms with van der Waals surface area (Å²) >= 11 is 5.96. The van der Waals surface area contributed by atoms with Gasteiger partial charge in [-0.25, -0.2) is 8.42 Å². The summed E-state index contributed by atoms with van der Waals surface area (Å²) in [5, 5.41) is 3.47. The van der Waals surface area contributed by atoms with Crippen molar-refractivity contribution in [3.8, 4) is 0 Å². The number of nitrogens with zero attached hydrogens (tertiary/aromatic N) is 1. The SMILES string of the molecule is CCc1cccc(C)c1NC(=O)CN(Cc1ccc(Cl)cc1)S(=O)(=O)c1ccccc1. The minimum atomic E-state index is -3.88. The van der Waals surface area contributed by atoms with Gasteiger partial charge in [0.2, 0.25) is 15.9 Å². The lowest BCUT2D eigenvalue weighted by atomic mass is 10.1. The minimum absolute atomic E-state index is 0.0518. The summed E-state index contributed by atoms with van der Waals surface area (Å²) in [6.45, 7) is 3.67. The third-order valence-corrected chi connectivity index (χ3v) is 7.04. The lowest BCUT2D eigenvalue weighted by Crippen LogP contribution is -2.37. The maximum absolute atomic E-state index is 13.3. The molecule has 0 saturated carbocycles. The van der Waals surface area contributed by atoms with Gasteiger partial charge in [-0.3, -0.25) is 4.79 Å². The molecule has 1 N–H and O–H groups in total. The fourth-order valence-corrected chi connectivity index (χ4v) is 4.83. The molecule has 3 aromatic rings. The molecule has 7 heteroatoms. The molecule has 0 spiro atoms. The van der Waals surface area contributed by atoms with Gasteiger partial charge in [-0.2, -0.15) is 4.31 Å². The van der Waals surface area contributed by atoms with Crippen LogP contribution in [0.2, 0.25) is 5.02 Å². The van der Waals surface area contributed by atoms with Gasteiger partial charge in [0.1, 0.15) is 0 Å². The Morgan fingerprint density at radius 1 is 0.968 bits per heavy atom. The summed E-state index contributed by atoms with van der Waals surface area (Å²) in [5.74, 6) is -0.391. The van der Waals surface area contributed by atoms with Crippen LogP contribution >= 0.6 is 11.6 Å². The van der Waals surface area contributed by atoms with Crippen molar-refractivity contribution < 1.29 is 13.2 Å². The van der Waals surface area contributed by atoms with Crippen LogP contribution in [0.15, 0.2) is 77.7 Å². The van der Waals surface area contributed by atoms with Crippen molar-refractivity contribution >= 4 is 33.2 Å². The molecule has 0 aliphatic carbocycles. The lowest BCUT2D eigenvalue weighted by molar-refractivity contribution is -0.116. The van der Waals surface area contributed by atoms with Crippen LogP contribution in [-0.4, -0.2) is 25.2 Å². The van der Waals surface area contributed by atoms with Crippen molar-refractivity contribution in [1.82, 2.24) is 4.31 Å². The van der Waals surface area contributed by atoms with Crippen molar-refractivity contribution in [1.29, 1.82) is 0 Å². The van der Waals surface area contributed by atoms with Gasteiger partial charge in [0.25, 0.3) is 0 Å². The number of hydrogen-bond donors (Lipinski definition) is 1. The Balaban J connectivity index is 1.89. The van der Waals surface area contributed by atoms with Gasteiger partial charge in [0, 0.05) is 17.3 Å². The molecule has 0 aliphatic rings. The number of nitrogens with one attached hydrogen (secondary N) is 1. The van der Waals surface area contributed by atoms with Gasteiger partial charge < -0.3 is 5.32 Å². The van der Waals surface area contributed by atoms with Crippen LogP contribution in [0.1, 0.15) is 23.6 Å². The number of carbonyl (C=O) groups is 1. The van der Waals surface area contributed by atoms with E-state index in [9.17, 15) is 13.2 Å². The Morgan fingerprint density at radius 3 is 2.29 bits per heavy atom. The number of hydrogen-bond acceptors (Lipinski definition) is 3. The number of benzene rings is 3. The summed E-state index contributed by atoms with van der Waals surface area (Å²) in [4.78, 5) is 13.1. The summed E-state index contributed by atoms with van der Waals surface area (Å²) < 4.78 is 27.8. The van der Waals surface area contributed by atoms with E-state index in [0.717, 1.165) is 28.8 Å². The lowest BCUT2D eigenvalue weighted by Gasteiger charge is -2.23. The van der Waals surface area contributed by atoms with Crippen molar-refractivity contribution in [3.05, 3.63) is 94.5 Å². The molecule has 0 fully saturated rings. The van der Waals surface area contributed by atoms with E-state index in [4.69, 9.17) is 11.6 Å². The van der Waals surface area contributed by atoms with E-state index < -0.39 is 15.9 Å². The van der Waals surface area contributed by atoms with E-state index in [-0.39, 0.29) is 18.0 Å². The third-order valence-electron chi connectivity index (χ3n) is 4.98. The number of rotatable bonds is 8. The molecular formula is C24H25ClN2O3S. The zero-order valence-electron chi connectivity index (χ0n) is 17.5. The van der Waals surface area contributed by atoms with Crippen LogP contribution in [0.4, 0.5) is 5.69 Å². The summed E-state index contributed by atoms with van der Waals surface area (Å²) in [6, 6.07) is 20.8. The topological polar surface area (TPSA) is 66.5 Å². The molecule has 0 bridgehead atoms. The van der Waals surface area contributed by atoms with Gasteiger partial charge in [0.05, 0.1) is 11.4 Å². The average molecular weight is 457 g/mol. The highest BCUT2D eigenvalue weighted by atomic mass is 35.5. The second kappa shape index (κ2) is 10.1. The van der Waals surface area contributed by atoms with Gasteiger partial charge in [-0.15, -0.1) is 0 Å². The van der Waals surface area contributed by atoms with Crippen LogP contribution in [0, 0.1) is 6.92 Å². The standard InChI is InChI=1S/C24H25ClN2O3S/c1-3-20-9-7-8-18(2)24(20)26-23(28)17-27(16-19-12-14-21(25)15-13-19)31(29,30)22-10-5-4-6-11-22/h4-15H,3,16-17H2,1-2H3,(H,26,28).